The van der Waals surface area contributed by atoms with Gasteiger partial charge in [-0.15, -0.1) is 0 Å². The van der Waals surface area contributed by atoms with Crippen molar-refractivity contribution in [2.45, 2.75) is 32.1 Å². The van der Waals surface area contributed by atoms with Crippen LogP contribution < -0.4 is 5.32 Å². The number of para-hydroxylation sites is 1. The first-order valence-electron chi connectivity index (χ1n) is 10.8. The van der Waals surface area contributed by atoms with Gasteiger partial charge < -0.3 is 15.1 Å². The molecule has 2 amide bonds. The van der Waals surface area contributed by atoms with Crippen LogP contribution in [0.5, 0.6) is 0 Å². The third kappa shape index (κ3) is 4.81. The number of hydrogen-bond acceptors (Lipinski definition) is 3. The van der Waals surface area contributed by atoms with Crippen molar-refractivity contribution < 1.29 is 14.0 Å². The van der Waals surface area contributed by atoms with E-state index in [0.717, 1.165) is 5.69 Å². The van der Waals surface area contributed by atoms with E-state index in [9.17, 15) is 14.0 Å². The third-order valence-electron chi connectivity index (χ3n) is 6.14. The zero-order chi connectivity index (χ0) is 20.9. The highest BCUT2D eigenvalue weighted by Crippen LogP contribution is 2.28. The van der Waals surface area contributed by atoms with Gasteiger partial charge in [-0.25, -0.2) is 4.39 Å². The van der Waals surface area contributed by atoms with Crippen molar-refractivity contribution in [3.8, 4) is 0 Å². The summed E-state index contributed by atoms with van der Waals surface area (Å²) in [6.07, 6.45) is 5.47. The Balaban J connectivity index is 1.37. The fraction of sp³-hybridized carbons (Fsp3) is 0.417. The van der Waals surface area contributed by atoms with Crippen LogP contribution in [-0.2, 0) is 4.79 Å². The van der Waals surface area contributed by atoms with Gasteiger partial charge in [-0.05, 0) is 55.2 Å². The van der Waals surface area contributed by atoms with E-state index in [0.29, 0.717) is 49.8 Å². The van der Waals surface area contributed by atoms with Gasteiger partial charge in [0.25, 0.3) is 5.91 Å². The maximum atomic E-state index is 13.2. The lowest BCUT2D eigenvalue weighted by atomic mass is 10.0. The molecule has 2 fully saturated rings. The van der Waals surface area contributed by atoms with Gasteiger partial charge in [-0.3, -0.25) is 9.59 Å². The van der Waals surface area contributed by atoms with Crippen molar-refractivity contribution >= 4 is 23.2 Å². The number of benzene rings is 2. The number of rotatable bonds is 5. The predicted molar refractivity (Wildman–Crippen MR) is 115 cm³/mol. The Labute approximate surface area is 176 Å². The van der Waals surface area contributed by atoms with Crippen LogP contribution in [0.3, 0.4) is 0 Å². The van der Waals surface area contributed by atoms with Gasteiger partial charge in [-0.2, -0.15) is 0 Å². The Morgan fingerprint density at radius 1 is 0.900 bits per heavy atom. The van der Waals surface area contributed by atoms with E-state index in [4.69, 9.17) is 0 Å². The molecule has 2 aromatic carbocycles. The summed E-state index contributed by atoms with van der Waals surface area (Å²) in [5.41, 5.74) is 1.99. The molecule has 0 aromatic heterocycles. The summed E-state index contributed by atoms with van der Waals surface area (Å²) >= 11 is 0. The summed E-state index contributed by atoms with van der Waals surface area (Å²) in [4.78, 5) is 29.4. The highest BCUT2D eigenvalue weighted by Gasteiger charge is 2.28. The average Bonchev–Trinajstić information content (AvgIpc) is 3.28. The molecule has 4 rings (SSSR count). The van der Waals surface area contributed by atoms with Gasteiger partial charge in [0, 0.05) is 38.3 Å². The van der Waals surface area contributed by atoms with E-state index >= 15 is 0 Å². The average molecular weight is 410 g/mol. The first kappa shape index (κ1) is 20.4. The summed E-state index contributed by atoms with van der Waals surface area (Å²) in [5.74, 6) is 0.419. The standard InChI is InChI=1S/C24H28FN3O2/c25-19-9-11-20(12-10-19)26-22-8-4-3-7-21(22)24(30)28-15-13-27(14-16-28)23(29)17-18-5-1-2-6-18/h3-4,7-12,18,26H,1-2,5-6,13-17H2. The monoisotopic (exact) mass is 409 g/mol. The topological polar surface area (TPSA) is 52.7 Å². The zero-order valence-electron chi connectivity index (χ0n) is 17.1. The SMILES string of the molecule is O=C(CC1CCCC1)N1CCN(C(=O)c2ccccc2Nc2ccc(F)cc2)CC1. The lowest BCUT2D eigenvalue weighted by molar-refractivity contribution is -0.133. The molecule has 5 nitrogen and oxygen atoms in total. The number of amides is 2. The number of halogens is 1. The fourth-order valence-electron chi connectivity index (χ4n) is 4.39. The van der Waals surface area contributed by atoms with Crippen LogP contribution >= 0.6 is 0 Å². The lowest BCUT2D eigenvalue weighted by Gasteiger charge is -2.35. The number of anilines is 2. The highest BCUT2D eigenvalue weighted by molar-refractivity contribution is 6.00. The number of hydrogen-bond donors (Lipinski definition) is 1. The molecule has 1 N–H and O–H groups in total. The van der Waals surface area contributed by atoms with Crippen molar-refractivity contribution in [2.24, 2.45) is 5.92 Å². The molecule has 2 aliphatic rings. The van der Waals surface area contributed by atoms with E-state index in [1.807, 2.05) is 28.0 Å². The second kappa shape index (κ2) is 9.28. The van der Waals surface area contributed by atoms with Gasteiger partial charge in [0.2, 0.25) is 5.91 Å². The van der Waals surface area contributed by atoms with Crippen molar-refractivity contribution in [1.29, 1.82) is 0 Å². The summed E-state index contributed by atoms with van der Waals surface area (Å²) in [6, 6.07) is 13.4. The van der Waals surface area contributed by atoms with E-state index in [-0.39, 0.29) is 17.6 Å². The van der Waals surface area contributed by atoms with Crippen molar-refractivity contribution in [1.82, 2.24) is 9.80 Å². The first-order valence-corrected chi connectivity index (χ1v) is 10.8. The Hall–Kier alpha value is -2.89. The van der Waals surface area contributed by atoms with Crippen molar-refractivity contribution in [3.05, 3.63) is 59.9 Å². The third-order valence-corrected chi connectivity index (χ3v) is 6.14. The second-order valence-electron chi connectivity index (χ2n) is 8.21. The van der Waals surface area contributed by atoms with E-state index in [1.54, 1.807) is 18.2 Å². The minimum atomic E-state index is -0.301. The molecule has 1 heterocycles. The maximum Gasteiger partial charge on any atom is 0.256 e. The second-order valence-corrected chi connectivity index (χ2v) is 8.21. The molecular formula is C24H28FN3O2. The minimum Gasteiger partial charge on any atom is -0.355 e. The number of nitrogens with zero attached hydrogens (tertiary/aromatic N) is 2. The van der Waals surface area contributed by atoms with Crippen LogP contribution in [0.15, 0.2) is 48.5 Å². The normalized spacial score (nSPS) is 17.2. The number of carbonyl (C=O) groups is 2. The van der Waals surface area contributed by atoms with Crippen LogP contribution in [0.4, 0.5) is 15.8 Å². The maximum absolute atomic E-state index is 13.2. The van der Waals surface area contributed by atoms with Gasteiger partial charge in [0.1, 0.15) is 5.82 Å². The minimum absolute atomic E-state index is 0.0527. The summed E-state index contributed by atoms with van der Waals surface area (Å²) < 4.78 is 13.2. The fourth-order valence-corrected chi connectivity index (χ4v) is 4.39. The van der Waals surface area contributed by atoms with E-state index in [1.165, 1.54) is 37.8 Å². The number of carbonyl (C=O) groups excluding carboxylic acids is 2. The molecule has 158 valence electrons. The Kier molecular flexibility index (Phi) is 6.31. The Bertz CT molecular complexity index is 886. The summed E-state index contributed by atoms with van der Waals surface area (Å²) in [7, 11) is 0. The molecule has 0 atom stereocenters. The summed E-state index contributed by atoms with van der Waals surface area (Å²) in [5, 5.41) is 3.21. The van der Waals surface area contributed by atoms with E-state index < -0.39 is 0 Å². The predicted octanol–water partition coefficient (Wildman–Crippen LogP) is 4.43. The molecule has 1 saturated heterocycles. The molecule has 0 bridgehead atoms. The van der Waals surface area contributed by atoms with Crippen LogP contribution in [-0.4, -0.2) is 47.8 Å². The van der Waals surface area contributed by atoms with Crippen LogP contribution in [0.1, 0.15) is 42.5 Å². The van der Waals surface area contributed by atoms with Gasteiger partial charge in [-0.1, -0.05) is 25.0 Å². The molecule has 0 unspecified atom stereocenters. The Morgan fingerprint density at radius 3 is 2.23 bits per heavy atom. The largest absolute Gasteiger partial charge is 0.355 e. The van der Waals surface area contributed by atoms with Crippen LogP contribution in [0, 0.1) is 11.7 Å². The van der Waals surface area contributed by atoms with Crippen molar-refractivity contribution in [3.63, 3.8) is 0 Å². The van der Waals surface area contributed by atoms with Gasteiger partial charge >= 0.3 is 0 Å². The van der Waals surface area contributed by atoms with Crippen LogP contribution in [0.25, 0.3) is 0 Å². The molecule has 1 aliphatic carbocycles. The van der Waals surface area contributed by atoms with Crippen LogP contribution in [0.2, 0.25) is 0 Å². The number of nitrogens with one attached hydrogen (secondary N) is 1. The number of piperazine rings is 1. The van der Waals surface area contributed by atoms with Gasteiger partial charge in [0.05, 0.1) is 11.3 Å². The molecular weight excluding hydrogens is 381 g/mol. The van der Waals surface area contributed by atoms with Gasteiger partial charge in [0.15, 0.2) is 0 Å². The molecule has 30 heavy (non-hydrogen) atoms. The van der Waals surface area contributed by atoms with Crippen molar-refractivity contribution in [2.75, 3.05) is 31.5 Å². The molecule has 6 heteroatoms. The Morgan fingerprint density at radius 2 is 1.53 bits per heavy atom. The summed E-state index contributed by atoms with van der Waals surface area (Å²) in [6.45, 7) is 2.26. The highest BCUT2D eigenvalue weighted by atomic mass is 19.1. The molecule has 0 spiro atoms. The van der Waals surface area contributed by atoms with E-state index in [2.05, 4.69) is 5.32 Å². The quantitative estimate of drug-likeness (QED) is 0.795. The lowest BCUT2D eigenvalue weighted by Crippen LogP contribution is -2.50. The molecule has 0 radical (unpaired) electrons. The first-order chi connectivity index (χ1) is 14.6. The smallest absolute Gasteiger partial charge is 0.256 e. The molecule has 1 aliphatic heterocycles. The zero-order valence-corrected chi connectivity index (χ0v) is 17.1. The molecule has 2 aromatic rings. The molecule has 1 saturated carbocycles.